The molecule has 0 aliphatic rings. The molecule has 0 saturated heterocycles. The van der Waals surface area contributed by atoms with Crippen molar-refractivity contribution < 1.29 is 8.42 Å². The first kappa shape index (κ1) is 17.2. The van der Waals surface area contributed by atoms with Crippen molar-refractivity contribution in [2.45, 2.75) is 75.9 Å². The van der Waals surface area contributed by atoms with E-state index in [0.717, 1.165) is 44.1 Å². The predicted molar refractivity (Wildman–Crippen MR) is 85.8 cm³/mol. The summed E-state index contributed by atoms with van der Waals surface area (Å²) >= 11 is 0. The van der Waals surface area contributed by atoms with Gasteiger partial charge in [0.1, 0.15) is 0 Å². The van der Waals surface area contributed by atoms with Crippen molar-refractivity contribution >= 4 is 9.84 Å². The van der Waals surface area contributed by atoms with Crippen LogP contribution in [0.5, 0.6) is 0 Å². The van der Waals surface area contributed by atoms with E-state index in [1.807, 2.05) is 26.0 Å². The quantitative estimate of drug-likeness (QED) is 0.639. The van der Waals surface area contributed by atoms with Crippen molar-refractivity contribution in [2.75, 3.05) is 0 Å². The van der Waals surface area contributed by atoms with E-state index in [2.05, 4.69) is 13.8 Å². The maximum Gasteiger partial charge on any atom is 0.183 e. The first-order valence-corrected chi connectivity index (χ1v) is 9.17. The zero-order valence-corrected chi connectivity index (χ0v) is 14.1. The molecule has 0 heterocycles. The topological polar surface area (TPSA) is 34.1 Å². The van der Waals surface area contributed by atoms with E-state index in [1.165, 1.54) is 0 Å². The van der Waals surface area contributed by atoms with Crippen LogP contribution in [-0.2, 0) is 9.84 Å². The highest BCUT2D eigenvalue weighted by atomic mass is 32.2. The van der Waals surface area contributed by atoms with Gasteiger partial charge in [0, 0.05) is 0 Å². The molecule has 20 heavy (non-hydrogen) atoms. The second-order valence-corrected chi connectivity index (χ2v) is 8.44. The molecule has 0 bridgehead atoms. The Hall–Kier alpha value is -0.830. The van der Waals surface area contributed by atoms with Crippen LogP contribution in [0, 0.1) is 6.92 Å². The number of aryl methyl sites for hydroxylation is 1. The maximum atomic E-state index is 12.9. The molecule has 1 atom stereocenters. The summed E-state index contributed by atoms with van der Waals surface area (Å²) in [6, 6.07) is 7.26. The molecule has 0 radical (unpaired) electrons. The van der Waals surface area contributed by atoms with Crippen LogP contribution < -0.4 is 0 Å². The van der Waals surface area contributed by atoms with Crippen molar-refractivity contribution in [3.8, 4) is 0 Å². The van der Waals surface area contributed by atoms with Gasteiger partial charge in [0.15, 0.2) is 9.84 Å². The van der Waals surface area contributed by atoms with E-state index in [9.17, 15) is 8.42 Å². The summed E-state index contributed by atoms with van der Waals surface area (Å²) in [5, 5.41) is 0. The monoisotopic (exact) mass is 296 g/mol. The Bertz CT molecular complexity index is 502. The maximum absolute atomic E-state index is 12.9. The molecule has 1 aromatic carbocycles. The molecule has 0 aromatic heterocycles. The second kappa shape index (κ2) is 7.26. The highest BCUT2D eigenvalue weighted by Crippen LogP contribution is 2.34. The van der Waals surface area contributed by atoms with Crippen LogP contribution in [0.25, 0.3) is 0 Å². The number of hydrogen-bond donors (Lipinski definition) is 0. The molecule has 1 unspecified atom stereocenters. The number of sulfone groups is 1. The number of hydrogen-bond acceptors (Lipinski definition) is 2. The lowest BCUT2D eigenvalue weighted by Gasteiger charge is -2.29. The lowest BCUT2D eigenvalue weighted by atomic mass is 9.97. The van der Waals surface area contributed by atoms with Gasteiger partial charge in [-0.1, -0.05) is 57.2 Å². The fraction of sp³-hybridized carbons (Fsp3) is 0.647. The Labute approximate surface area is 124 Å². The van der Waals surface area contributed by atoms with Crippen LogP contribution in [0.4, 0.5) is 0 Å². The molecule has 0 aliphatic carbocycles. The van der Waals surface area contributed by atoms with Crippen LogP contribution >= 0.6 is 0 Å². The Morgan fingerprint density at radius 1 is 0.950 bits per heavy atom. The minimum Gasteiger partial charge on any atom is -0.223 e. The van der Waals surface area contributed by atoms with Crippen LogP contribution in [0.1, 0.15) is 64.9 Å². The largest absolute Gasteiger partial charge is 0.223 e. The Balaban J connectivity index is 3.07. The van der Waals surface area contributed by atoms with Gasteiger partial charge in [-0.3, -0.25) is 0 Å². The average Bonchev–Trinajstić information content (AvgIpc) is 2.39. The summed E-state index contributed by atoms with van der Waals surface area (Å²) in [4.78, 5) is 0.468. The molecule has 0 aliphatic heterocycles. The van der Waals surface area contributed by atoms with Gasteiger partial charge in [-0.25, -0.2) is 8.42 Å². The van der Waals surface area contributed by atoms with Crippen LogP contribution in [0.3, 0.4) is 0 Å². The second-order valence-electron chi connectivity index (χ2n) is 5.97. The van der Waals surface area contributed by atoms with Gasteiger partial charge >= 0.3 is 0 Å². The lowest BCUT2D eigenvalue weighted by molar-refractivity contribution is 0.455. The third-order valence-electron chi connectivity index (χ3n) is 4.07. The summed E-state index contributed by atoms with van der Waals surface area (Å²) in [5.74, 6) is 0. The van der Waals surface area contributed by atoms with Crippen LogP contribution in [0.15, 0.2) is 29.2 Å². The van der Waals surface area contributed by atoms with Crippen molar-refractivity contribution in [2.24, 2.45) is 0 Å². The van der Waals surface area contributed by atoms with Gasteiger partial charge in [0.2, 0.25) is 0 Å². The molecule has 2 nitrogen and oxygen atoms in total. The highest BCUT2D eigenvalue weighted by molar-refractivity contribution is 7.92. The smallest absolute Gasteiger partial charge is 0.183 e. The van der Waals surface area contributed by atoms with Gasteiger partial charge in [0.25, 0.3) is 0 Å². The molecule has 1 aromatic rings. The summed E-state index contributed by atoms with van der Waals surface area (Å²) in [6.45, 7) is 8.10. The number of rotatable bonds is 8. The molecule has 0 N–H and O–H groups in total. The number of benzene rings is 1. The van der Waals surface area contributed by atoms with Crippen molar-refractivity contribution in [3.63, 3.8) is 0 Å². The van der Waals surface area contributed by atoms with Crippen molar-refractivity contribution in [1.29, 1.82) is 0 Å². The fourth-order valence-corrected chi connectivity index (χ4v) is 4.62. The van der Waals surface area contributed by atoms with Crippen LogP contribution in [-0.4, -0.2) is 13.2 Å². The molecule has 0 amide bonds. The van der Waals surface area contributed by atoms with E-state index in [4.69, 9.17) is 0 Å². The van der Waals surface area contributed by atoms with E-state index in [-0.39, 0.29) is 0 Å². The predicted octanol–water partition coefficient (Wildman–Crippen LogP) is 4.91. The summed E-state index contributed by atoms with van der Waals surface area (Å²) < 4.78 is 25.3. The standard InChI is InChI=1S/C17H28O2S/c1-5-7-8-14-17(4,13-6-2)20(18,19)16-11-9-15(3)10-12-16/h9-12H,5-8,13-14H2,1-4H3. The van der Waals surface area contributed by atoms with Crippen molar-refractivity contribution in [3.05, 3.63) is 29.8 Å². The lowest BCUT2D eigenvalue weighted by Crippen LogP contribution is -2.35. The Morgan fingerprint density at radius 3 is 2.05 bits per heavy atom. The summed E-state index contributed by atoms with van der Waals surface area (Å²) in [6.07, 6.45) is 5.58. The molecule has 0 spiro atoms. The van der Waals surface area contributed by atoms with Gasteiger partial charge in [-0.2, -0.15) is 0 Å². The average molecular weight is 296 g/mol. The zero-order chi connectivity index (χ0) is 15.2. The summed E-state index contributed by atoms with van der Waals surface area (Å²) in [7, 11) is -3.26. The van der Waals surface area contributed by atoms with Gasteiger partial charge in [-0.15, -0.1) is 0 Å². The van der Waals surface area contributed by atoms with E-state index >= 15 is 0 Å². The molecular weight excluding hydrogens is 268 g/mol. The van der Waals surface area contributed by atoms with E-state index in [0.29, 0.717) is 4.90 Å². The first-order valence-electron chi connectivity index (χ1n) is 7.68. The highest BCUT2D eigenvalue weighted by Gasteiger charge is 2.38. The third kappa shape index (κ3) is 3.85. The minimum absolute atomic E-state index is 0.468. The Kier molecular flexibility index (Phi) is 6.25. The van der Waals surface area contributed by atoms with E-state index in [1.54, 1.807) is 12.1 Å². The molecule has 0 fully saturated rings. The Morgan fingerprint density at radius 2 is 1.55 bits per heavy atom. The summed E-state index contributed by atoms with van der Waals surface area (Å²) in [5.41, 5.74) is 1.09. The molecule has 114 valence electrons. The van der Waals surface area contributed by atoms with Gasteiger partial charge in [-0.05, 0) is 38.8 Å². The van der Waals surface area contributed by atoms with Gasteiger partial charge in [0.05, 0.1) is 9.64 Å². The van der Waals surface area contributed by atoms with Crippen molar-refractivity contribution in [1.82, 2.24) is 0 Å². The first-order chi connectivity index (χ1) is 9.37. The molecular formula is C17H28O2S. The molecule has 1 rings (SSSR count). The fourth-order valence-electron chi connectivity index (χ4n) is 2.67. The molecule has 0 saturated carbocycles. The SMILES string of the molecule is CCCCCC(C)(CCC)S(=O)(=O)c1ccc(C)cc1. The molecule has 3 heteroatoms. The normalized spacial score (nSPS) is 15.0. The number of unbranched alkanes of at least 4 members (excludes halogenated alkanes) is 2. The minimum atomic E-state index is -3.26. The van der Waals surface area contributed by atoms with Crippen LogP contribution in [0.2, 0.25) is 0 Å². The van der Waals surface area contributed by atoms with E-state index < -0.39 is 14.6 Å². The third-order valence-corrected chi connectivity index (χ3v) is 6.67. The zero-order valence-electron chi connectivity index (χ0n) is 13.3. The van der Waals surface area contributed by atoms with Gasteiger partial charge < -0.3 is 0 Å².